The van der Waals surface area contributed by atoms with Crippen LogP contribution in [0.5, 0.6) is 0 Å². The summed E-state index contributed by atoms with van der Waals surface area (Å²) in [6.07, 6.45) is 4.87. The average Bonchev–Trinajstić information content (AvgIpc) is 2.67. The summed E-state index contributed by atoms with van der Waals surface area (Å²) in [4.78, 5) is 26.8. The van der Waals surface area contributed by atoms with Gasteiger partial charge >= 0.3 is 0 Å². The minimum absolute atomic E-state index is 0. The van der Waals surface area contributed by atoms with Crippen LogP contribution in [0.3, 0.4) is 0 Å². The fraction of sp³-hybridized carbons (Fsp3) is 0.474. The van der Waals surface area contributed by atoms with Crippen LogP contribution in [0.1, 0.15) is 29.6 Å². The predicted molar refractivity (Wildman–Crippen MR) is 101 cm³/mol. The van der Waals surface area contributed by atoms with Crippen LogP contribution in [0.2, 0.25) is 0 Å². The topological polar surface area (TPSA) is 61.4 Å². The number of piperidine rings is 1. The van der Waals surface area contributed by atoms with Crippen molar-refractivity contribution in [1.29, 1.82) is 0 Å². The molecule has 2 N–H and O–H groups in total. The van der Waals surface area contributed by atoms with Gasteiger partial charge in [-0.15, -0.1) is 12.4 Å². The molecule has 0 aliphatic carbocycles. The molecule has 0 aromatic heterocycles. The molecule has 136 valence electrons. The number of hydrogen-bond acceptors (Lipinski definition) is 3. The number of likely N-dealkylation sites (tertiary alicyclic amines) is 1. The molecule has 0 spiro atoms. The summed E-state index contributed by atoms with van der Waals surface area (Å²) in [6, 6.07) is 9.30. The van der Waals surface area contributed by atoms with E-state index in [1.54, 1.807) is 0 Å². The maximum Gasteiger partial charge on any atom is 0.253 e. The fourth-order valence-corrected chi connectivity index (χ4v) is 3.31. The molecule has 1 fully saturated rings. The zero-order valence-electron chi connectivity index (χ0n) is 14.4. The van der Waals surface area contributed by atoms with Crippen molar-refractivity contribution in [3.05, 3.63) is 47.5 Å². The molecular formula is C19H26ClN3O2. The lowest BCUT2D eigenvalue weighted by Crippen LogP contribution is -2.45. The van der Waals surface area contributed by atoms with E-state index in [1.807, 2.05) is 35.2 Å². The number of amides is 2. The van der Waals surface area contributed by atoms with Crippen LogP contribution < -0.4 is 10.6 Å². The third kappa shape index (κ3) is 5.31. The Bertz CT molecular complexity index is 618. The largest absolute Gasteiger partial charge is 0.352 e. The maximum absolute atomic E-state index is 12.6. The summed E-state index contributed by atoms with van der Waals surface area (Å²) in [5.41, 5.74) is 1.98. The first kappa shape index (κ1) is 19.5. The van der Waals surface area contributed by atoms with E-state index >= 15 is 0 Å². The van der Waals surface area contributed by atoms with Gasteiger partial charge in [-0.05, 0) is 37.9 Å². The molecule has 5 nitrogen and oxygen atoms in total. The van der Waals surface area contributed by atoms with Gasteiger partial charge in [0.25, 0.3) is 5.91 Å². The van der Waals surface area contributed by atoms with Gasteiger partial charge in [-0.1, -0.05) is 29.8 Å². The van der Waals surface area contributed by atoms with Crippen molar-refractivity contribution in [3.63, 3.8) is 0 Å². The third-order valence-corrected chi connectivity index (χ3v) is 4.75. The first-order valence-electron chi connectivity index (χ1n) is 8.74. The molecule has 2 amide bonds. The smallest absolute Gasteiger partial charge is 0.253 e. The second kappa shape index (κ2) is 9.59. The van der Waals surface area contributed by atoms with Crippen LogP contribution in [0.25, 0.3) is 0 Å². The molecule has 1 aromatic carbocycles. The lowest BCUT2D eigenvalue weighted by molar-refractivity contribution is -0.126. The van der Waals surface area contributed by atoms with Gasteiger partial charge in [-0.3, -0.25) is 9.59 Å². The highest BCUT2D eigenvalue weighted by Crippen LogP contribution is 2.19. The van der Waals surface area contributed by atoms with E-state index in [9.17, 15) is 9.59 Å². The van der Waals surface area contributed by atoms with E-state index in [2.05, 4.69) is 16.7 Å². The van der Waals surface area contributed by atoms with Gasteiger partial charge < -0.3 is 15.5 Å². The molecule has 1 atom stereocenters. The Kier molecular flexibility index (Phi) is 7.47. The summed E-state index contributed by atoms with van der Waals surface area (Å²) in [5.74, 6) is -0.0112. The summed E-state index contributed by atoms with van der Waals surface area (Å²) in [5, 5.41) is 6.31. The van der Waals surface area contributed by atoms with Gasteiger partial charge in [-0.2, -0.15) is 0 Å². The molecule has 2 aliphatic rings. The molecule has 0 bridgehead atoms. The standard InChI is InChI=1S/C19H25N3O2.ClH/c23-18(21-13-15-8-10-20-11-9-15)17-7-4-12-22(14-17)19(24)16-5-2-1-3-6-16;/h1-3,5-6,8,17,20H,4,7,9-14H2,(H,21,23);1H. The number of benzene rings is 1. The van der Waals surface area contributed by atoms with E-state index in [0.717, 1.165) is 38.9 Å². The van der Waals surface area contributed by atoms with Crippen LogP contribution in [-0.2, 0) is 4.79 Å². The highest BCUT2D eigenvalue weighted by molar-refractivity contribution is 5.94. The Balaban J connectivity index is 0.00000225. The predicted octanol–water partition coefficient (Wildman–Crippen LogP) is 2.00. The molecule has 6 heteroatoms. The number of carbonyl (C=O) groups is 2. The summed E-state index contributed by atoms with van der Waals surface area (Å²) in [6.45, 7) is 3.73. The zero-order chi connectivity index (χ0) is 16.8. The van der Waals surface area contributed by atoms with Gasteiger partial charge in [0.2, 0.25) is 5.91 Å². The van der Waals surface area contributed by atoms with Crippen molar-refractivity contribution in [2.24, 2.45) is 5.92 Å². The molecule has 25 heavy (non-hydrogen) atoms. The molecule has 1 unspecified atom stereocenters. The molecule has 2 heterocycles. The van der Waals surface area contributed by atoms with Crippen LogP contribution in [0.15, 0.2) is 42.0 Å². The second-order valence-corrected chi connectivity index (χ2v) is 6.49. The van der Waals surface area contributed by atoms with Crippen LogP contribution >= 0.6 is 12.4 Å². The summed E-state index contributed by atoms with van der Waals surface area (Å²) < 4.78 is 0. The van der Waals surface area contributed by atoms with Crippen molar-refractivity contribution in [1.82, 2.24) is 15.5 Å². The minimum atomic E-state index is -0.103. The Labute approximate surface area is 155 Å². The lowest BCUT2D eigenvalue weighted by atomic mass is 9.96. The van der Waals surface area contributed by atoms with E-state index in [4.69, 9.17) is 0 Å². The number of hydrogen-bond donors (Lipinski definition) is 2. The van der Waals surface area contributed by atoms with Crippen LogP contribution in [0, 0.1) is 5.92 Å². The van der Waals surface area contributed by atoms with Gasteiger partial charge in [0.15, 0.2) is 0 Å². The number of nitrogens with zero attached hydrogens (tertiary/aromatic N) is 1. The first-order valence-corrected chi connectivity index (χ1v) is 8.74. The van der Waals surface area contributed by atoms with Gasteiger partial charge in [0.1, 0.15) is 0 Å². The lowest BCUT2D eigenvalue weighted by Gasteiger charge is -2.32. The summed E-state index contributed by atoms with van der Waals surface area (Å²) >= 11 is 0. The van der Waals surface area contributed by atoms with E-state index in [-0.39, 0.29) is 30.1 Å². The second-order valence-electron chi connectivity index (χ2n) is 6.49. The highest BCUT2D eigenvalue weighted by atomic mass is 35.5. The number of carbonyl (C=O) groups excluding carboxylic acids is 2. The van der Waals surface area contributed by atoms with Crippen LogP contribution in [0.4, 0.5) is 0 Å². The van der Waals surface area contributed by atoms with Gasteiger partial charge in [0, 0.05) is 31.7 Å². The zero-order valence-corrected chi connectivity index (χ0v) is 15.2. The van der Waals surface area contributed by atoms with Crippen molar-refractivity contribution in [2.75, 3.05) is 32.7 Å². The summed E-state index contributed by atoms with van der Waals surface area (Å²) in [7, 11) is 0. The van der Waals surface area contributed by atoms with E-state index in [0.29, 0.717) is 18.7 Å². The van der Waals surface area contributed by atoms with E-state index < -0.39 is 0 Å². The SMILES string of the molecule is Cl.O=C(NCC1=CCNCC1)C1CCCN(C(=O)c2ccccc2)C1. The number of nitrogens with one attached hydrogen (secondary N) is 2. The number of halogens is 1. The minimum Gasteiger partial charge on any atom is -0.352 e. The van der Waals surface area contributed by atoms with Crippen molar-refractivity contribution in [3.8, 4) is 0 Å². The molecule has 3 rings (SSSR count). The van der Waals surface area contributed by atoms with Crippen molar-refractivity contribution >= 4 is 24.2 Å². The molecule has 2 aliphatic heterocycles. The van der Waals surface area contributed by atoms with Gasteiger partial charge in [-0.25, -0.2) is 0 Å². The molecule has 0 radical (unpaired) electrons. The monoisotopic (exact) mass is 363 g/mol. The van der Waals surface area contributed by atoms with Crippen LogP contribution in [-0.4, -0.2) is 49.4 Å². The third-order valence-electron chi connectivity index (χ3n) is 4.75. The number of rotatable bonds is 4. The molecule has 0 saturated carbocycles. The first-order chi connectivity index (χ1) is 11.7. The van der Waals surface area contributed by atoms with Gasteiger partial charge in [0.05, 0.1) is 5.92 Å². The van der Waals surface area contributed by atoms with Crippen molar-refractivity contribution in [2.45, 2.75) is 19.3 Å². The molecule has 1 aromatic rings. The Morgan fingerprint density at radius 1 is 1.24 bits per heavy atom. The Morgan fingerprint density at radius 2 is 2.04 bits per heavy atom. The molecule has 1 saturated heterocycles. The normalized spacial score (nSPS) is 20.2. The maximum atomic E-state index is 12.6. The van der Waals surface area contributed by atoms with E-state index in [1.165, 1.54) is 5.57 Å². The quantitative estimate of drug-likeness (QED) is 0.804. The highest BCUT2D eigenvalue weighted by Gasteiger charge is 2.28. The fourth-order valence-electron chi connectivity index (χ4n) is 3.31. The molecular weight excluding hydrogens is 338 g/mol. The Hall–Kier alpha value is -1.85. The average molecular weight is 364 g/mol. The Morgan fingerprint density at radius 3 is 2.76 bits per heavy atom. The van der Waals surface area contributed by atoms with Crippen molar-refractivity contribution < 1.29 is 9.59 Å².